The van der Waals surface area contributed by atoms with E-state index in [-0.39, 0.29) is 0 Å². The topological polar surface area (TPSA) is 76.4 Å². The number of hydrazine groups is 1. The molecule has 2 amide bonds. The minimum absolute atomic E-state index is 0.395. The van der Waals surface area contributed by atoms with E-state index in [2.05, 4.69) is 12.2 Å². The molecule has 0 aliphatic heterocycles. The third-order valence-corrected chi connectivity index (χ3v) is 2.31. The molecule has 0 spiro atoms. The monoisotopic (exact) mass is 223 g/mol. The average Bonchev–Trinajstić information content (AvgIpc) is 2.35. The van der Waals surface area contributed by atoms with E-state index in [4.69, 9.17) is 10.6 Å². The maximum absolute atomic E-state index is 10.9. The molecule has 0 saturated heterocycles. The van der Waals surface area contributed by atoms with Gasteiger partial charge in [0.05, 0.1) is 7.11 Å². The maximum Gasteiger partial charge on any atom is 0.329 e. The van der Waals surface area contributed by atoms with Crippen LogP contribution in [0, 0.1) is 0 Å². The van der Waals surface area contributed by atoms with Crippen molar-refractivity contribution in [3.05, 3.63) is 29.3 Å². The Kier molecular flexibility index (Phi) is 4.60. The maximum atomic E-state index is 10.9. The molecule has 16 heavy (non-hydrogen) atoms. The number of benzene rings is 1. The number of carbonyl (C=O) groups is 1. The second-order valence-corrected chi connectivity index (χ2v) is 3.33. The Bertz CT molecular complexity index is 366. The SMILES string of the molecule is CCc1cc(CNC(=O)NN)ccc1OC. The number of nitrogens with one attached hydrogen (secondary N) is 2. The summed E-state index contributed by atoms with van der Waals surface area (Å²) in [5.74, 6) is 5.83. The summed E-state index contributed by atoms with van der Waals surface area (Å²) in [5, 5.41) is 2.62. The van der Waals surface area contributed by atoms with Gasteiger partial charge in [0.15, 0.2) is 0 Å². The predicted molar refractivity (Wildman–Crippen MR) is 61.9 cm³/mol. The first-order valence-electron chi connectivity index (χ1n) is 5.11. The van der Waals surface area contributed by atoms with Gasteiger partial charge >= 0.3 is 6.03 Å². The quantitative estimate of drug-likeness (QED) is 0.404. The summed E-state index contributed by atoms with van der Waals surface area (Å²) in [5.41, 5.74) is 4.15. The molecule has 0 aromatic heterocycles. The van der Waals surface area contributed by atoms with Crippen LogP contribution in [0.2, 0.25) is 0 Å². The molecule has 0 atom stereocenters. The van der Waals surface area contributed by atoms with Gasteiger partial charge in [-0.3, -0.25) is 5.43 Å². The Hall–Kier alpha value is -1.75. The van der Waals surface area contributed by atoms with Gasteiger partial charge in [-0.05, 0) is 23.6 Å². The average molecular weight is 223 g/mol. The number of methoxy groups -OCH3 is 1. The van der Waals surface area contributed by atoms with Crippen LogP contribution >= 0.6 is 0 Å². The standard InChI is InChI=1S/C11H17N3O2/c1-3-9-6-8(4-5-10(9)16-2)7-13-11(15)14-12/h4-6H,3,7,12H2,1-2H3,(H2,13,14,15). The highest BCUT2D eigenvalue weighted by Crippen LogP contribution is 2.20. The lowest BCUT2D eigenvalue weighted by Crippen LogP contribution is -2.39. The van der Waals surface area contributed by atoms with Crippen LogP contribution in [-0.4, -0.2) is 13.1 Å². The number of hydrogen-bond donors (Lipinski definition) is 3. The summed E-state index contributed by atoms with van der Waals surface area (Å²) < 4.78 is 5.22. The van der Waals surface area contributed by atoms with Gasteiger partial charge in [-0.25, -0.2) is 10.6 Å². The molecule has 1 rings (SSSR count). The molecule has 0 fully saturated rings. The number of aryl methyl sites for hydroxylation is 1. The molecule has 0 aliphatic rings. The minimum Gasteiger partial charge on any atom is -0.496 e. The van der Waals surface area contributed by atoms with E-state index in [1.807, 2.05) is 23.6 Å². The lowest BCUT2D eigenvalue weighted by molar-refractivity contribution is 0.241. The normalized spacial score (nSPS) is 9.69. The number of urea groups is 1. The van der Waals surface area contributed by atoms with Gasteiger partial charge in [0.25, 0.3) is 0 Å². The smallest absolute Gasteiger partial charge is 0.329 e. The van der Waals surface area contributed by atoms with Crippen LogP contribution in [0.15, 0.2) is 18.2 Å². The summed E-state index contributed by atoms with van der Waals surface area (Å²) in [6, 6.07) is 5.43. The fourth-order valence-electron chi connectivity index (χ4n) is 1.45. The highest BCUT2D eigenvalue weighted by molar-refractivity contribution is 5.73. The van der Waals surface area contributed by atoms with E-state index in [1.54, 1.807) is 7.11 Å². The van der Waals surface area contributed by atoms with Gasteiger partial charge in [-0.2, -0.15) is 0 Å². The zero-order valence-corrected chi connectivity index (χ0v) is 9.54. The summed E-state index contributed by atoms with van der Waals surface area (Å²) in [4.78, 5) is 10.9. The molecule has 4 N–H and O–H groups in total. The van der Waals surface area contributed by atoms with Crippen LogP contribution in [-0.2, 0) is 13.0 Å². The van der Waals surface area contributed by atoms with Crippen molar-refractivity contribution in [2.45, 2.75) is 19.9 Å². The van der Waals surface area contributed by atoms with E-state index in [9.17, 15) is 4.79 Å². The Labute approximate surface area is 94.9 Å². The van der Waals surface area contributed by atoms with Crippen LogP contribution in [0.4, 0.5) is 4.79 Å². The zero-order valence-electron chi connectivity index (χ0n) is 9.54. The van der Waals surface area contributed by atoms with E-state index >= 15 is 0 Å². The molecule has 0 radical (unpaired) electrons. The number of hydrogen-bond acceptors (Lipinski definition) is 3. The summed E-state index contributed by atoms with van der Waals surface area (Å²) in [6.45, 7) is 2.50. The van der Waals surface area contributed by atoms with Gasteiger partial charge in [0, 0.05) is 6.54 Å². The van der Waals surface area contributed by atoms with Crippen molar-refractivity contribution in [1.29, 1.82) is 0 Å². The molecule has 0 saturated carbocycles. The molecule has 88 valence electrons. The third kappa shape index (κ3) is 3.13. The van der Waals surface area contributed by atoms with Crippen molar-refractivity contribution < 1.29 is 9.53 Å². The van der Waals surface area contributed by atoms with E-state index in [1.165, 1.54) is 0 Å². The Morgan fingerprint density at radius 3 is 2.81 bits per heavy atom. The predicted octanol–water partition coefficient (Wildman–Crippen LogP) is 0.930. The van der Waals surface area contributed by atoms with E-state index < -0.39 is 6.03 Å². The molecule has 0 aliphatic carbocycles. The van der Waals surface area contributed by atoms with Gasteiger partial charge in [0.2, 0.25) is 0 Å². The third-order valence-electron chi connectivity index (χ3n) is 2.31. The summed E-state index contributed by atoms with van der Waals surface area (Å²) >= 11 is 0. The molecule has 0 bridgehead atoms. The second-order valence-electron chi connectivity index (χ2n) is 3.33. The molecule has 1 aromatic carbocycles. The molecule has 0 heterocycles. The summed E-state index contributed by atoms with van der Waals surface area (Å²) in [7, 11) is 1.65. The Morgan fingerprint density at radius 2 is 2.25 bits per heavy atom. The van der Waals surface area contributed by atoms with Crippen molar-refractivity contribution in [2.75, 3.05) is 7.11 Å². The highest BCUT2D eigenvalue weighted by atomic mass is 16.5. The largest absolute Gasteiger partial charge is 0.496 e. The Morgan fingerprint density at radius 1 is 1.50 bits per heavy atom. The first-order valence-corrected chi connectivity index (χ1v) is 5.11. The second kappa shape index (κ2) is 5.97. The molecule has 5 heteroatoms. The van der Waals surface area contributed by atoms with Crippen molar-refractivity contribution in [2.24, 2.45) is 5.84 Å². The highest BCUT2D eigenvalue weighted by Gasteiger charge is 2.03. The van der Waals surface area contributed by atoms with Gasteiger partial charge in [-0.15, -0.1) is 0 Å². The lowest BCUT2D eigenvalue weighted by Gasteiger charge is -2.09. The summed E-state index contributed by atoms with van der Waals surface area (Å²) in [6.07, 6.45) is 0.889. The van der Waals surface area contributed by atoms with Crippen LogP contribution in [0.3, 0.4) is 0 Å². The first kappa shape index (κ1) is 12.3. The fourth-order valence-corrected chi connectivity index (χ4v) is 1.45. The first-order chi connectivity index (χ1) is 7.71. The van der Waals surface area contributed by atoms with Crippen LogP contribution in [0.25, 0.3) is 0 Å². The lowest BCUT2D eigenvalue weighted by atomic mass is 10.1. The van der Waals surface area contributed by atoms with Crippen molar-refractivity contribution in [3.63, 3.8) is 0 Å². The Balaban J connectivity index is 2.71. The van der Waals surface area contributed by atoms with Gasteiger partial charge in [0.1, 0.15) is 5.75 Å². The van der Waals surface area contributed by atoms with Crippen LogP contribution < -0.4 is 21.3 Å². The fraction of sp³-hybridized carbons (Fsp3) is 0.364. The molecule has 0 unspecified atom stereocenters. The van der Waals surface area contributed by atoms with Gasteiger partial charge in [-0.1, -0.05) is 19.1 Å². The number of rotatable bonds is 4. The van der Waals surface area contributed by atoms with Crippen LogP contribution in [0.1, 0.15) is 18.1 Å². The molecular weight excluding hydrogens is 206 g/mol. The van der Waals surface area contributed by atoms with Crippen LogP contribution in [0.5, 0.6) is 5.75 Å². The molecule has 1 aromatic rings. The van der Waals surface area contributed by atoms with Crippen molar-refractivity contribution in [1.82, 2.24) is 10.7 Å². The molecule has 5 nitrogen and oxygen atoms in total. The number of carbonyl (C=O) groups excluding carboxylic acids is 1. The number of ether oxygens (including phenoxy) is 1. The number of nitrogens with two attached hydrogens (primary N) is 1. The van der Waals surface area contributed by atoms with Crippen molar-refractivity contribution >= 4 is 6.03 Å². The van der Waals surface area contributed by atoms with E-state index in [0.717, 1.165) is 23.3 Å². The molecular formula is C11H17N3O2. The van der Waals surface area contributed by atoms with E-state index in [0.29, 0.717) is 6.54 Å². The number of amides is 2. The van der Waals surface area contributed by atoms with Gasteiger partial charge < -0.3 is 10.1 Å². The van der Waals surface area contributed by atoms with Crippen molar-refractivity contribution in [3.8, 4) is 5.75 Å². The zero-order chi connectivity index (χ0) is 12.0. The minimum atomic E-state index is -0.395.